The van der Waals surface area contributed by atoms with Gasteiger partial charge in [-0.25, -0.2) is 9.59 Å². The van der Waals surface area contributed by atoms with E-state index in [1.54, 1.807) is 12.1 Å². The van der Waals surface area contributed by atoms with Gasteiger partial charge < -0.3 is 15.3 Å². The molecule has 1 aromatic rings. The Kier molecular flexibility index (Phi) is 5.06. The summed E-state index contributed by atoms with van der Waals surface area (Å²) in [4.78, 5) is 24.4. The number of nitrogens with zero attached hydrogens (tertiary/aromatic N) is 1. The number of hydrogen-bond acceptors (Lipinski definition) is 3. The summed E-state index contributed by atoms with van der Waals surface area (Å²) in [5, 5.41) is 12.1. The van der Waals surface area contributed by atoms with Crippen LogP contribution in [0.4, 0.5) is 10.5 Å². The van der Waals surface area contributed by atoms with Gasteiger partial charge in [0.2, 0.25) is 0 Å². The quantitative estimate of drug-likeness (QED) is 0.743. The summed E-state index contributed by atoms with van der Waals surface area (Å²) >= 11 is 16.6. The fourth-order valence-corrected chi connectivity index (χ4v) is 3.62. The molecule has 5 nitrogen and oxygen atoms in total. The minimum Gasteiger partial charge on any atom is -0.480 e. The molecule has 9 heteroatoms. The third kappa shape index (κ3) is 3.16. The maximum absolute atomic E-state index is 12.1. The number of urea groups is 1. The molecule has 1 unspecified atom stereocenters. The molecular weight excluding hydrogens is 391 g/mol. The van der Waals surface area contributed by atoms with Crippen molar-refractivity contribution in [3.05, 3.63) is 26.7 Å². The third-order valence-electron chi connectivity index (χ3n) is 2.71. The second-order valence-corrected chi connectivity index (χ2v) is 6.59. The Hall–Kier alpha value is -0.630. The number of carbonyl (C=O) groups is 2. The Morgan fingerprint density at radius 1 is 1.40 bits per heavy atom. The molecule has 108 valence electrons. The minimum absolute atomic E-state index is 0.202. The van der Waals surface area contributed by atoms with Gasteiger partial charge in [0.05, 0.1) is 21.6 Å². The van der Waals surface area contributed by atoms with E-state index in [1.165, 1.54) is 16.7 Å². The Balaban J connectivity index is 2.16. The van der Waals surface area contributed by atoms with Gasteiger partial charge in [-0.05, 0) is 28.1 Å². The number of nitrogens with one attached hydrogen (secondary N) is 1. The predicted octanol–water partition coefficient (Wildman–Crippen LogP) is 3.75. The molecule has 0 aromatic heterocycles. The number of carboxylic acid groups (broad SMARTS) is 1. The lowest BCUT2D eigenvalue weighted by Gasteiger charge is -2.21. The van der Waals surface area contributed by atoms with E-state index in [4.69, 9.17) is 28.3 Å². The summed E-state index contributed by atoms with van der Waals surface area (Å²) in [5.41, 5.74) is 0.339. The normalized spacial score (nSPS) is 18.1. The topological polar surface area (TPSA) is 69.6 Å². The van der Waals surface area contributed by atoms with Crippen LogP contribution in [0.5, 0.6) is 0 Å². The van der Waals surface area contributed by atoms with E-state index in [0.717, 1.165) is 0 Å². The van der Waals surface area contributed by atoms with Crippen LogP contribution >= 0.6 is 50.9 Å². The van der Waals surface area contributed by atoms with E-state index < -0.39 is 18.0 Å². The highest BCUT2D eigenvalue weighted by molar-refractivity contribution is 9.10. The van der Waals surface area contributed by atoms with Crippen molar-refractivity contribution in [2.24, 2.45) is 0 Å². The van der Waals surface area contributed by atoms with E-state index in [9.17, 15) is 9.59 Å². The van der Waals surface area contributed by atoms with Crippen molar-refractivity contribution in [3.63, 3.8) is 0 Å². The van der Waals surface area contributed by atoms with Gasteiger partial charge in [0, 0.05) is 10.2 Å². The summed E-state index contributed by atoms with van der Waals surface area (Å²) in [6, 6.07) is 1.90. The molecule has 1 atom stereocenters. The highest BCUT2D eigenvalue weighted by Gasteiger charge is 2.34. The summed E-state index contributed by atoms with van der Waals surface area (Å²) < 4.78 is 0.613. The number of thioether (sulfide) groups is 1. The van der Waals surface area contributed by atoms with Gasteiger partial charge in [-0.3, -0.25) is 0 Å². The summed E-state index contributed by atoms with van der Waals surface area (Å²) in [6.07, 6.45) is 0. The van der Waals surface area contributed by atoms with Crippen LogP contribution in [0.25, 0.3) is 0 Å². The Bertz CT molecular complexity index is 573. The molecular formula is C11H9BrCl2N2O3S. The van der Waals surface area contributed by atoms with Crippen molar-refractivity contribution < 1.29 is 14.7 Å². The number of carboxylic acids is 1. The number of aliphatic carboxylic acids is 1. The molecule has 2 N–H and O–H groups in total. The zero-order chi connectivity index (χ0) is 14.9. The van der Waals surface area contributed by atoms with E-state index >= 15 is 0 Å². The molecule has 0 radical (unpaired) electrons. The molecule has 2 rings (SSSR count). The largest absolute Gasteiger partial charge is 0.480 e. The van der Waals surface area contributed by atoms with Gasteiger partial charge >= 0.3 is 12.0 Å². The number of hydrogen-bond donors (Lipinski definition) is 2. The van der Waals surface area contributed by atoms with Crippen molar-refractivity contribution in [2.45, 2.75) is 6.04 Å². The Morgan fingerprint density at radius 3 is 2.75 bits per heavy atom. The lowest BCUT2D eigenvalue weighted by atomic mass is 10.3. The molecule has 0 aliphatic carbocycles. The summed E-state index contributed by atoms with van der Waals surface area (Å²) in [6.45, 7) is 0. The molecule has 1 heterocycles. The highest BCUT2D eigenvalue weighted by Crippen LogP contribution is 2.36. The molecule has 0 bridgehead atoms. The maximum Gasteiger partial charge on any atom is 0.327 e. The average Bonchev–Trinajstić information content (AvgIpc) is 2.89. The van der Waals surface area contributed by atoms with Crippen LogP contribution in [-0.4, -0.2) is 39.7 Å². The van der Waals surface area contributed by atoms with Crippen molar-refractivity contribution >= 4 is 68.6 Å². The van der Waals surface area contributed by atoms with Crippen LogP contribution in [0.3, 0.4) is 0 Å². The molecule has 20 heavy (non-hydrogen) atoms. The first-order valence-electron chi connectivity index (χ1n) is 5.43. The van der Waals surface area contributed by atoms with E-state index in [1.807, 2.05) is 0 Å². The Morgan fingerprint density at radius 2 is 2.10 bits per heavy atom. The summed E-state index contributed by atoms with van der Waals surface area (Å²) in [5.74, 6) is -0.326. The van der Waals surface area contributed by atoms with Gasteiger partial charge in [0.25, 0.3) is 0 Å². The van der Waals surface area contributed by atoms with E-state index in [2.05, 4.69) is 21.2 Å². The second-order valence-electron chi connectivity index (χ2n) is 3.98. The number of carbonyl (C=O) groups excluding carboxylic acids is 1. The van der Waals surface area contributed by atoms with Gasteiger partial charge in [-0.1, -0.05) is 23.2 Å². The van der Waals surface area contributed by atoms with Crippen LogP contribution in [0.2, 0.25) is 10.0 Å². The molecule has 1 aliphatic heterocycles. The first-order valence-corrected chi connectivity index (χ1v) is 8.14. The van der Waals surface area contributed by atoms with Crippen LogP contribution < -0.4 is 5.32 Å². The van der Waals surface area contributed by atoms with Gasteiger partial charge in [0.1, 0.15) is 6.04 Å². The molecule has 0 spiro atoms. The van der Waals surface area contributed by atoms with Crippen molar-refractivity contribution in [1.29, 1.82) is 0 Å². The lowest BCUT2D eigenvalue weighted by Crippen LogP contribution is -2.44. The number of rotatable bonds is 2. The number of anilines is 1. The SMILES string of the molecule is O=C(O)C1CSCN1C(=O)Nc1ccc(Br)c(Cl)c1Cl. The number of halogens is 3. The Labute approximate surface area is 137 Å². The first-order chi connectivity index (χ1) is 9.41. The zero-order valence-corrected chi connectivity index (χ0v) is 13.8. The summed E-state index contributed by atoms with van der Waals surface area (Å²) in [7, 11) is 0. The third-order valence-corrected chi connectivity index (χ3v) is 5.49. The predicted molar refractivity (Wildman–Crippen MR) is 83.8 cm³/mol. The maximum atomic E-state index is 12.1. The molecule has 1 aliphatic rings. The van der Waals surface area contributed by atoms with Gasteiger partial charge in [-0.2, -0.15) is 0 Å². The number of benzene rings is 1. The molecule has 1 aromatic carbocycles. The molecule has 2 amide bonds. The fourth-order valence-electron chi connectivity index (χ4n) is 1.66. The van der Waals surface area contributed by atoms with Crippen LogP contribution in [0.1, 0.15) is 0 Å². The van der Waals surface area contributed by atoms with Gasteiger partial charge in [0.15, 0.2) is 0 Å². The molecule has 1 fully saturated rings. The zero-order valence-electron chi connectivity index (χ0n) is 9.90. The van der Waals surface area contributed by atoms with Gasteiger partial charge in [-0.15, -0.1) is 11.8 Å². The molecule has 1 saturated heterocycles. The molecule has 0 saturated carbocycles. The average molecular weight is 400 g/mol. The smallest absolute Gasteiger partial charge is 0.327 e. The monoisotopic (exact) mass is 398 g/mol. The van der Waals surface area contributed by atoms with E-state index in [0.29, 0.717) is 21.8 Å². The minimum atomic E-state index is -1.02. The van der Waals surface area contributed by atoms with Crippen molar-refractivity contribution in [1.82, 2.24) is 4.90 Å². The van der Waals surface area contributed by atoms with Crippen molar-refractivity contribution in [3.8, 4) is 0 Å². The second kappa shape index (κ2) is 6.43. The number of amides is 2. The lowest BCUT2D eigenvalue weighted by molar-refractivity contribution is -0.140. The first kappa shape index (κ1) is 15.8. The van der Waals surface area contributed by atoms with Crippen LogP contribution in [0, 0.1) is 0 Å². The van der Waals surface area contributed by atoms with E-state index in [-0.39, 0.29) is 10.0 Å². The van der Waals surface area contributed by atoms with Crippen LogP contribution in [0.15, 0.2) is 16.6 Å². The highest BCUT2D eigenvalue weighted by atomic mass is 79.9. The van der Waals surface area contributed by atoms with Crippen LogP contribution in [-0.2, 0) is 4.79 Å². The standard InChI is InChI=1S/C11H9BrCl2N2O3S/c12-5-1-2-6(9(14)8(5)13)15-11(19)16-4-20-3-7(16)10(17)18/h1-2,7H,3-4H2,(H,15,19)(H,17,18). The fraction of sp³-hybridized carbons (Fsp3) is 0.273. The van der Waals surface area contributed by atoms with Crippen molar-refractivity contribution in [2.75, 3.05) is 16.9 Å².